The van der Waals surface area contributed by atoms with Gasteiger partial charge in [0.15, 0.2) is 8.32 Å². The minimum Gasteiger partial charge on any atom is -0.410 e. The second-order valence-electron chi connectivity index (χ2n) is 11.0. The Morgan fingerprint density at radius 3 is 2.36 bits per heavy atom. The summed E-state index contributed by atoms with van der Waals surface area (Å²) in [5, 5.41) is 11.4. The molecule has 190 valence electrons. The molecule has 0 spiro atoms. The molecule has 0 amide bonds. The van der Waals surface area contributed by atoms with Crippen molar-refractivity contribution in [2.24, 2.45) is 0 Å². The summed E-state index contributed by atoms with van der Waals surface area (Å²) in [5.41, 5.74) is 1.13. The Labute approximate surface area is 203 Å². The summed E-state index contributed by atoms with van der Waals surface area (Å²) in [6, 6.07) is 10.4. The monoisotopic (exact) mass is 479 g/mol. The Hall–Kier alpha value is -0.763. The average Bonchev–Trinajstić information content (AvgIpc) is 2.75. The molecule has 1 N–H and O–H groups in total. The molecule has 5 nitrogen and oxygen atoms in total. The van der Waals surface area contributed by atoms with Gasteiger partial charge in [0.2, 0.25) is 0 Å². The molecular formula is C27H49NO4Si. The lowest BCUT2D eigenvalue weighted by atomic mass is 9.94. The van der Waals surface area contributed by atoms with Crippen LogP contribution in [0.3, 0.4) is 0 Å². The smallest absolute Gasteiger partial charge is 0.192 e. The van der Waals surface area contributed by atoms with Crippen LogP contribution >= 0.6 is 0 Å². The Morgan fingerprint density at radius 1 is 1.06 bits per heavy atom. The summed E-state index contributed by atoms with van der Waals surface area (Å²) in [6.45, 7) is 19.5. The number of likely N-dealkylation sites (tertiary alicyclic amines) is 1. The molecule has 1 aliphatic heterocycles. The third-order valence-electron chi connectivity index (χ3n) is 7.41. The molecule has 1 aliphatic rings. The molecule has 0 unspecified atom stereocenters. The predicted molar refractivity (Wildman–Crippen MR) is 139 cm³/mol. The second kappa shape index (κ2) is 13.4. The molecule has 0 aliphatic carbocycles. The van der Waals surface area contributed by atoms with Crippen LogP contribution in [0.2, 0.25) is 18.1 Å². The highest BCUT2D eigenvalue weighted by atomic mass is 28.4. The first kappa shape index (κ1) is 28.5. The molecule has 0 saturated carbocycles. The van der Waals surface area contributed by atoms with Crippen LogP contribution in [0.4, 0.5) is 0 Å². The molecule has 33 heavy (non-hydrogen) atoms. The minimum absolute atomic E-state index is 0.0988. The van der Waals surface area contributed by atoms with E-state index in [1.807, 2.05) is 25.1 Å². The van der Waals surface area contributed by atoms with E-state index in [4.69, 9.17) is 13.9 Å². The van der Waals surface area contributed by atoms with Gasteiger partial charge in [-0.15, -0.1) is 0 Å². The van der Waals surface area contributed by atoms with Gasteiger partial charge in [-0.05, 0) is 56.9 Å². The third-order valence-corrected chi connectivity index (χ3v) is 11.9. The fourth-order valence-corrected chi connectivity index (χ4v) is 5.51. The maximum absolute atomic E-state index is 11.3. The second-order valence-corrected chi connectivity index (χ2v) is 15.8. The summed E-state index contributed by atoms with van der Waals surface area (Å²) in [6.07, 6.45) is 3.55. The summed E-state index contributed by atoms with van der Waals surface area (Å²) in [7, 11) is -2.02. The number of hydrogen-bond donors (Lipinski definition) is 1. The number of aliphatic hydroxyl groups is 1. The fourth-order valence-electron chi connectivity index (χ4n) is 4.19. The molecule has 4 atom stereocenters. The zero-order chi connectivity index (χ0) is 24.5. The molecule has 0 bridgehead atoms. The summed E-state index contributed by atoms with van der Waals surface area (Å²) in [4.78, 5) is 2.47. The zero-order valence-electron chi connectivity index (χ0n) is 22.2. The lowest BCUT2D eigenvalue weighted by molar-refractivity contribution is -0.156. The van der Waals surface area contributed by atoms with E-state index in [1.165, 1.54) is 12.8 Å². The number of ether oxygens (including phenoxy) is 2. The van der Waals surface area contributed by atoms with Crippen LogP contribution in [-0.2, 0) is 20.5 Å². The molecule has 6 heteroatoms. The Balaban J connectivity index is 2.04. The van der Waals surface area contributed by atoms with Crippen molar-refractivity contribution in [1.82, 2.24) is 4.90 Å². The Bertz CT molecular complexity index is 664. The molecule has 1 fully saturated rings. The van der Waals surface area contributed by atoms with Gasteiger partial charge in [0.05, 0.1) is 12.7 Å². The van der Waals surface area contributed by atoms with Crippen molar-refractivity contribution in [2.75, 3.05) is 26.3 Å². The van der Waals surface area contributed by atoms with Gasteiger partial charge in [-0.3, -0.25) is 4.90 Å². The van der Waals surface area contributed by atoms with Crippen molar-refractivity contribution in [3.05, 3.63) is 35.9 Å². The molecule has 2 rings (SSSR count). The van der Waals surface area contributed by atoms with E-state index in [9.17, 15) is 5.11 Å². The van der Waals surface area contributed by atoms with E-state index in [1.54, 1.807) is 0 Å². The van der Waals surface area contributed by atoms with E-state index >= 15 is 0 Å². The standard InChI is InChI=1S/C27H49NO4Si/c1-8-30-19-15-10-9-14-18-28-20-24(32-33(6,7)27(3,4)5)25(29)26(22(28)2)31-21-23-16-12-11-13-17-23/h11-13,16-17,22,24-26,29H,8-10,14-15,18-21H2,1-7H3/t22-,24+,25-,26+/m1/s1. The zero-order valence-corrected chi connectivity index (χ0v) is 23.2. The molecule has 0 aromatic heterocycles. The van der Waals surface area contributed by atoms with Gasteiger partial charge in [-0.25, -0.2) is 0 Å². The van der Waals surface area contributed by atoms with Gasteiger partial charge >= 0.3 is 0 Å². The highest BCUT2D eigenvalue weighted by Crippen LogP contribution is 2.39. The van der Waals surface area contributed by atoms with Crippen LogP contribution in [0, 0.1) is 0 Å². The summed E-state index contributed by atoms with van der Waals surface area (Å²) in [5.74, 6) is 0. The first-order chi connectivity index (χ1) is 15.6. The van der Waals surface area contributed by atoms with Crippen molar-refractivity contribution >= 4 is 8.32 Å². The lowest BCUT2D eigenvalue weighted by Gasteiger charge is -2.49. The fraction of sp³-hybridized carbons (Fsp3) is 0.778. The quantitative estimate of drug-likeness (QED) is 0.294. The minimum atomic E-state index is -2.02. The van der Waals surface area contributed by atoms with Crippen LogP contribution in [0.5, 0.6) is 0 Å². The highest BCUT2D eigenvalue weighted by Gasteiger charge is 2.46. The van der Waals surface area contributed by atoms with E-state index < -0.39 is 14.4 Å². The first-order valence-electron chi connectivity index (χ1n) is 12.9. The molecule has 0 radical (unpaired) electrons. The molecule has 1 aromatic carbocycles. The summed E-state index contributed by atoms with van der Waals surface area (Å²) >= 11 is 0. The van der Waals surface area contributed by atoms with Gasteiger partial charge in [0.25, 0.3) is 0 Å². The van der Waals surface area contributed by atoms with E-state index in [0.29, 0.717) is 6.61 Å². The van der Waals surface area contributed by atoms with Crippen molar-refractivity contribution in [3.8, 4) is 0 Å². The normalized spacial score (nSPS) is 24.8. The van der Waals surface area contributed by atoms with Crippen molar-refractivity contribution in [1.29, 1.82) is 0 Å². The number of nitrogens with zero attached hydrogens (tertiary/aromatic N) is 1. The van der Waals surface area contributed by atoms with Gasteiger partial charge in [-0.2, -0.15) is 0 Å². The van der Waals surface area contributed by atoms with Gasteiger partial charge in [0, 0.05) is 25.8 Å². The predicted octanol–water partition coefficient (Wildman–Crippen LogP) is 5.62. The third kappa shape index (κ3) is 8.75. The van der Waals surface area contributed by atoms with Gasteiger partial charge in [0.1, 0.15) is 12.2 Å². The Morgan fingerprint density at radius 2 is 1.73 bits per heavy atom. The summed E-state index contributed by atoms with van der Waals surface area (Å²) < 4.78 is 18.5. The molecule has 1 heterocycles. The number of rotatable bonds is 13. The van der Waals surface area contributed by atoms with Crippen molar-refractivity contribution < 1.29 is 19.0 Å². The van der Waals surface area contributed by atoms with E-state index in [0.717, 1.165) is 44.7 Å². The van der Waals surface area contributed by atoms with Crippen LogP contribution in [0.25, 0.3) is 0 Å². The molecule has 1 aromatic rings. The average molecular weight is 480 g/mol. The van der Waals surface area contributed by atoms with Crippen LogP contribution < -0.4 is 0 Å². The van der Waals surface area contributed by atoms with Crippen LogP contribution in [0.15, 0.2) is 30.3 Å². The molecular weight excluding hydrogens is 430 g/mol. The first-order valence-corrected chi connectivity index (χ1v) is 15.8. The number of aliphatic hydroxyl groups excluding tert-OH is 1. The SMILES string of the molecule is CCOCCCCCCN1C[C@H](O[Si](C)(C)C(C)(C)C)[C@@H](O)[C@@H](OCc2ccccc2)[C@H]1C. The van der Waals surface area contributed by atoms with Crippen LogP contribution in [0.1, 0.15) is 65.9 Å². The van der Waals surface area contributed by atoms with Gasteiger partial charge in [-0.1, -0.05) is 63.9 Å². The van der Waals surface area contributed by atoms with E-state index in [2.05, 4.69) is 57.8 Å². The number of unbranched alkanes of at least 4 members (excludes halogenated alkanes) is 3. The van der Waals surface area contributed by atoms with E-state index in [-0.39, 0.29) is 23.3 Å². The number of hydrogen-bond acceptors (Lipinski definition) is 5. The lowest BCUT2D eigenvalue weighted by Crippen LogP contribution is -2.64. The Kier molecular flexibility index (Phi) is 11.5. The van der Waals surface area contributed by atoms with Crippen molar-refractivity contribution in [2.45, 2.75) is 109 Å². The van der Waals surface area contributed by atoms with Gasteiger partial charge < -0.3 is 19.0 Å². The maximum atomic E-state index is 11.3. The largest absolute Gasteiger partial charge is 0.410 e. The highest BCUT2D eigenvalue weighted by molar-refractivity contribution is 6.74. The topological polar surface area (TPSA) is 51.2 Å². The number of piperidine rings is 1. The maximum Gasteiger partial charge on any atom is 0.192 e. The van der Waals surface area contributed by atoms with Crippen molar-refractivity contribution in [3.63, 3.8) is 0 Å². The molecule has 1 saturated heterocycles. The van der Waals surface area contributed by atoms with Crippen LogP contribution in [-0.4, -0.2) is 69.0 Å². The number of benzene rings is 1.